The van der Waals surface area contributed by atoms with Crippen LogP contribution in [-0.2, 0) is 34.3 Å². The molecule has 5 aromatic rings. The minimum atomic E-state index is -1.65. The van der Waals surface area contributed by atoms with Crippen LogP contribution in [0.25, 0.3) is 0 Å². The summed E-state index contributed by atoms with van der Waals surface area (Å²) in [5.41, 5.74) is 7.05. The second-order valence-electron chi connectivity index (χ2n) is 16.8. The molecule has 0 unspecified atom stereocenters. The van der Waals surface area contributed by atoms with Crippen LogP contribution in [0.3, 0.4) is 0 Å². The Labute approximate surface area is 330 Å². The predicted octanol–water partition coefficient (Wildman–Crippen LogP) is 12.8. The fourth-order valence-electron chi connectivity index (χ4n) is 7.35. The zero-order valence-corrected chi connectivity index (χ0v) is 35.2. The predicted molar refractivity (Wildman–Crippen MR) is 224 cm³/mol. The third-order valence-electron chi connectivity index (χ3n) is 11.5. The summed E-state index contributed by atoms with van der Waals surface area (Å²) >= 11 is 0. The van der Waals surface area contributed by atoms with Crippen molar-refractivity contribution in [2.24, 2.45) is 5.41 Å². The van der Waals surface area contributed by atoms with E-state index >= 15 is 0 Å². The number of rotatable bonds is 11. The quantitative estimate of drug-likeness (QED) is 0.125. The molecule has 5 aromatic carbocycles. The fraction of sp³-hybridized carbons (Fsp3) is 0.362. The van der Waals surface area contributed by atoms with Gasteiger partial charge in [0.15, 0.2) is 0 Å². The fourth-order valence-corrected chi connectivity index (χ4v) is 9.87. The summed E-state index contributed by atoms with van der Waals surface area (Å²) in [6, 6.07) is 44.8. The van der Waals surface area contributed by atoms with Gasteiger partial charge in [0, 0.05) is 27.4 Å². The van der Waals surface area contributed by atoms with Crippen molar-refractivity contribution < 1.29 is 27.1 Å². The first-order chi connectivity index (χ1) is 26.3. The van der Waals surface area contributed by atoms with Crippen LogP contribution in [0.5, 0.6) is 11.5 Å². The van der Waals surface area contributed by atoms with Crippen molar-refractivity contribution in [1.82, 2.24) is 0 Å². The van der Waals surface area contributed by atoms with Crippen molar-refractivity contribution in [2.75, 3.05) is 26.4 Å². The molecular weight excluding hydrogens is 722 g/mol. The molecular formula is C47H54O6P2. The molecule has 7 rings (SSSR count). The minimum Gasteiger partial charge on any atom is -0.426 e. The summed E-state index contributed by atoms with van der Waals surface area (Å²) < 4.78 is 38.4. The molecule has 0 aliphatic carbocycles. The summed E-state index contributed by atoms with van der Waals surface area (Å²) in [6.45, 7) is 19.5. The Kier molecular flexibility index (Phi) is 11.6. The van der Waals surface area contributed by atoms with E-state index in [-0.39, 0.29) is 16.2 Å². The normalized spacial score (nSPS) is 20.7. The van der Waals surface area contributed by atoms with Gasteiger partial charge in [-0.3, -0.25) is 0 Å². The smallest absolute Gasteiger partial charge is 0.397 e. The van der Waals surface area contributed by atoms with Gasteiger partial charge in [0.05, 0.1) is 31.8 Å². The largest absolute Gasteiger partial charge is 0.426 e. The molecule has 2 aliphatic heterocycles. The molecule has 0 saturated carbocycles. The van der Waals surface area contributed by atoms with Crippen LogP contribution in [0, 0.1) is 5.41 Å². The highest BCUT2D eigenvalue weighted by molar-refractivity contribution is 7.42. The Hall–Kier alpha value is -3.60. The maximum atomic E-state index is 6.63. The van der Waals surface area contributed by atoms with Crippen molar-refractivity contribution in [3.8, 4) is 11.5 Å². The average Bonchev–Trinajstić information content (AvgIpc) is 3.21. The van der Waals surface area contributed by atoms with Gasteiger partial charge in [0.1, 0.15) is 11.5 Å². The van der Waals surface area contributed by atoms with Crippen molar-refractivity contribution in [2.45, 2.75) is 77.6 Å². The number of hydrogen-bond donors (Lipinski definition) is 0. The first kappa shape index (κ1) is 39.6. The third kappa shape index (κ3) is 8.42. The first-order valence-corrected chi connectivity index (χ1v) is 21.4. The minimum absolute atomic E-state index is 0.210. The van der Waals surface area contributed by atoms with Crippen LogP contribution in [0.4, 0.5) is 0 Å². The standard InChI is InChI=1S/C47H54O6P2/c1-34(2)35-24-26-42(40(28-35)45(5,6)37-20-14-10-15-21-37)52-54-48-30-47(31-49-54)32-50-55(51-33-47)53-43-27-25-39(44(3,4)36-18-12-9-13-19-36)29-41(43)46(7,8)38-22-16-11-17-23-38/h9-29,34H,30-33H2,1-8H3. The molecule has 8 heteroatoms. The van der Waals surface area contributed by atoms with E-state index < -0.39 is 22.6 Å². The summed E-state index contributed by atoms with van der Waals surface area (Å²) in [4.78, 5) is 0. The second-order valence-corrected chi connectivity index (χ2v) is 19.1. The highest BCUT2D eigenvalue weighted by Gasteiger charge is 2.45. The molecule has 6 nitrogen and oxygen atoms in total. The van der Waals surface area contributed by atoms with Crippen LogP contribution in [0.2, 0.25) is 0 Å². The van der Waals surface area contributed by atoms with Crippen molar-refractivity contribution >= 4 is 17.2 Å². The highest BCUT2D eigenvalue weighted by atomic mass is 31.2. The SMILES string of the molecule is CC(C)c1ccc(OP2OCC3(CO2)COP(Oc2ccc(C(C)(C)c4ccccc4)cc2C(C)(C)c2ccccc2)OC3)c(C(C)(C)c2ccccc2)c1. The Morgan fingerprint density at radius 3 is 1.27 bits per heavy atom. The molecule has 2 fully saturated rings. The van der Waals surface area contributed by atoms with Crippen LogP contribution in [-0.4, -0.2) is 26.4 Å². The van der Waals surface area contributed by atoms with Crippen LogP contribution >= 0.6 is 17.2 Å². The average molecular weight is 777 g/mol. The van der Waals surface area contributed by atoms with Crippen molar-refractivity contribution in [3.63, 3.8) is 0 Å². The molecule has 1 spiro atoms. The van der Waals surface area contributed by atoms with E-state index in [1.807, 2.05) is 6.07 Å². The van der Waals surface area contributed by atoms with Crippen molar-refractivity contribution in [3.05, 3.63) is 166 Å². The molecule has 0 N–H and O–H groups in total. The molecule has 0 aromatic heterocycles. The first-order valence-electron chi connectivity index (χ1n) is 19.2. The molecule has 0 atom stereocenters. The van der Waals surface area contributed by atoms with E-state index in [1.165, 1.54) is 27.8 Å². The monoisotopic (exact) mass is 776 g/mol. The van der Waals surface area contributed by atoms with Gasteiger partial charge in [-0.25, -0.2) is 0 Å². The lowest BCUT2D eigenvalue weighted by molar-refractivity contribution is -0.0673. The summed E-state index contributed by atoms with van der Waals surface area (Å²) in [5, 5.41) is 0. The van der Waals surface area contributed by atoms with Crippen LogP contribution in [0.1, 0.15) is 100 Å². The van der Waals surface area contributed by atoms with Crippen LogP contribution < -0.4 is 9.05 Å². The van der Waals surface area contributed by atoms with Crippen molar-refractivity contribution in [1.29, 1.82) is 0 Å². The van der Waals surface area contributed by atoms with Gasteiger partial charge >= 0.3 is 17.2 Å². The molecule has 2 heterocycles. The van der Waals surface area contributed by atoms with Gasteiger partial charge in [0.2, 0.25) is 0 Å². The molecule has 2 aliphatic rings. The van der Waals surface area contributed by atoms with E-state index in [1.54, 1.807) is 0 Å². The van der Waals surface area contributed by atoms with Crippen LogP contribution in [0.15, 0.2) is 127 Å². The lowest BCUT2D eigenvalue weighted by atomic mass is 9.73. The van der Waals surface area contributed by atoms with Gasteiger partial charge < -0.3 is 27.1 Å². The number of benzene rings is 5. The Morgan fingerprint density at radius 2 is 0.855 bits per heavy atom. The lowest BCUT2D eigenvalue weighted by Gasteiger charge is -2.41. The third-order valence-corrected chi connectivity index (χ3v) is 13.5. The zero-order chi connectivity index (χ0) is 38.8. The van der Waals surface area contributed by atoms with E-state index in [0.717, 1.165) is 22.6 Å². The lowest BCUT2D eigenvalue weighted by Crippen LogP contribution is -2.45. The molecule has 0 bridgehead atoms. The number of hydrogen-bond acceptors (Lipinski definition) is 6. The Morgan fingerprint density at radius 1 is 0.473 bits per heavy atom. The van der Waals surface area contributed by atoms with E-state index in [9.17, 15) is 0 Å². The summed E-state index contributed by atoms with van der Waals surface area (Å²) in [6.07, 6.45) is 0. The topological polar surface area (TPSA) is 55.4 Å². The molecule has 55 heavy (non-hydrogen) atoms. The van der Waals surface area contributed by atoms with Gasteiger partial charge in [-0.05, 0) is 45.9 Å². The van der Waals surface area contributed by atoms with Gasteiger partial charge in [-0.1, -0.05) is 171 Å². The second kappa shape index (κ2) is 16.1. The van der Waals surface area contributed by atoms with Gasteiger partial charge in [-0.15, -0.1) is 0 Å². The summed E-state index contributed by atoms with van der Waals surface area (Å²) in [5.74, 6) is 1.93. The highest BCUT2D eigenvalue weighted by Crippen LogP contribution is 2.55. The molecule has 0 amide bonds. The summed E-state index contributed by atoms with van der Waals surface area (Å²) in [7, 11) is -3.26. The maximum absolute atomic E-state index is 6.63. The molecule has 288 valence electrons. The van der Waals surface area contributed by atoms with E-state index in [0.29, 0.717) is 32.3 Å². The zero-order valence-electron chi connectivity index (χ0n) is 33.4. The molecule has 2 saturated heterocycles. The Balaban J connectivity index is 1.04. The van der Waals surface area contributed by atoms with Gasteiger partial charge in [0.25, 0.3) is 0 Å². The maximum Gasteiger partial charge on any atom is 0.397 e. The van der Waals surface area contributed by atoms with E-state index in [4.69, 9.17) is 27.1 Å². The molecule has 0 radical (unpaired) electrons. The Bertz CT molecular complexity index is 2030. The van der Waals surface area contributed by atoms with E-state index in [2.05, 4.69) is 177 Å². The van der Waals surface area contributed by atoms with Gasteiger partial charge in [-0.2, -0.15) is 0 Å².